The first-order valence-corrected chi connectivity index (χ1v) is 5.93. The molecule has 1 aromatic heterocycles. The van der Waals surface area contributed by atoms with Crippen LogP contribution in [0.5, 0.6) is 0 Å². The lowest BCUT2D eigenvalue weighted by molar-refractivity contribution is 0.199. The van der Waals surface area contributed by atoms with Crippen LogP contribution in [-0.2, 0) is 11.2 Å². The smallest absolute Gasteiger partial charge is 0.0587 e. The first-order valence-electron chi connectivity index (χ1n) is 5.93. The fourth-order valence-corrected chi connectivity index (χ4v) is 1.92. The van der Waals surface area contributed by atoms with Gasteiger partial charge in [-0.3, -0.25) is 4.98 Å². The summed E-state index contributed by atoms with van der Waals surface area (Å²) in [4.78, 5) is 4.19. The molecule has 1 N–H and O–H groups in total. The maximum Gasteiger partial charge on any atom is 0.0587 e. The summed E-state index contributed by atoms with van der Waals surface area (Å²) < 4.78 is 4.99. The van der Waals surface area contributed by atoms with Crippen molar-refractivity contribution >= 4 is 10.8 Å². The first kappa shape index (κ1) is 12.0. The predicted octanol–water partition coefficient (Wildman–Crippen LogP) is 2.01. The van der Waals surface area contributed by atoms with Gasteiger partial charge in [0.05, 0.1) is 6.61 Å². The predicted molar refractivity (Wildman–Crippen MR) is 70.2 cm³/mol. The molecule has 0 spiro atoms. The van der Waals surface area contributed by atoms with Crippen molar-refractivity contribution in [2.24, 2.45) is 0 Å². The average Bonchev–Trinajstić information content (AvgIpc) is 2.39. The third-order valence-electron chi connectivity index (χ3n) is 2.83. The molecule has 3 heteroatoms. The molecule has 1 heterocycles. The molecule has 0 atom stereocenters. The SMILES string of the molecule is COCCNCCc1cccc2ccncc12. The molecule has 0 saturated heterocycles. The van der Waals surface area contributed by atoms with Crippen molar-refractivity contribution in [1.82, 2.24) is 10.3 Å². The van der Waals surface area contributed by atoms with E-state index in [0.717, 1.165) is 26.1 Å². The molecule has 0 fully saturated rings. The van der Waals surface area contributed by atoms with Crippen LogP contribution in [0.1, 0.15) is 5.56 Å². The largest absolute Gasteiger partial charge is 0.383 e. The number of hydrogen-bond donors (Lipinski definition) is 1. The summed E-state index contributed by atoms with van der Waals surface area (Å²) in [7, 11) is 1.72. The Morgan fingerprint density at radius 3 is 3.06 bits per heavy atom. The standard InChI is InChI=1S/C14H18N2O/c1-17-10-9-15-7-5-12-3-2-4-13-6-8-16-11-14(12)13/h2-4,6,8,11,15H,5,7,9-10H2,1H3. The minimum Gasteiger partial charge on any atom is -0.383 e. The van der Waals surface area contributed by atoms with Gasteiger partial charge in [0, 0.05) is 31.4 Å². The molecule has 0 bridgehead atoms. The number of hydrogen-bond acceptors (Lipinski definition) is 3. The average molecular weight is 230 g/mol. The normalized spacial score (nSPS) is 10.9. The van der Waals surface area contributed by atoms with Crippen molar-refractivity contribution in [2.45, 2.75) is 6.42 Å². The van der Waals surface area contributed by atoms with Crippen LogP contribution in [0.3, 0.4) is 0 Å². The molecule has 2 rings (SSSR count). The number of rotatable bonds is 6. The molecule has 0 aliphatic rings. The van der Waals surface area contributed by atoms with Gasteiger partial charge in [0.1, 0.15) is 0 Å². The molecule has 0 unspecified atom stereocenters. The second-order valence-corrected chi connectivity index (χ2v) is 4.01. The van der Waals surface area contributed by atoms with Crippen LogP contribution >= 0.6 is 0 Å². The Balaban J connectivity index is 1.98. The summed E-state index contributed by atoms with van der Waals surface area (Å²) in [5.74, 6) is 0. The van der Waals surface area contributed by atoms with Crippen molar-refractivity contribution in [3.05, 3.63) is 42.2 Å². The van der Waals surface area contributed by atoms with Crippen LogP contribution in [0.25, 0.3) is 10.8 Å². The number of nitrogens with one attached hydrogen (secondary N) is 1. The van der Waals surface area contributed by atoms with Crippen LogP contribution in [0, 0.1) is 0 Å². The van der Waals surface area contributed by atoms with Gasteiger partial charge in [-0.05, 0) is 30.0 Å². The van der Waals surface area contributed by atoms with E-state index in [1.807, 2.05) is 12.4 Å². The quantitative estimate of drug-likeness (QED) is 0.771. The maximum absolute atomic E-state index is 4.99. The molecule has 3 nitrogen and oxygen atoms in total. The van der Waals surface area contributed by atoms with E-state index >= 15 is 0 Å². The summed E-state index contributed by atoms with van der Waals surface area (Å²) >= 11 is 0. The van der Waals surface area contributed by atoms with Gasteiger partial charge in [-0.15, -0.1) is 0 Å². The van der Waals surface area contributed by atoms with Crippen molar-refractivity contribution in [3.8, 4) is 0 Å². The van der Waals surface area contributed by atoms with Crippen molar-refractivity contribution in [2.75, 3.05) is 26.8 Å². The van der Waals surface area contributed by atoms with E-state index in [-0.39, 0.29) is 0 Å². The van der Waals surface area contributed by atoms with Crippen LogP contribution < -0.4 is 5.32 Å². The Morgan fingerprint density at radius 2 is 2.18 bits per heavy atom. The fourth-order valence-electron chi connectivity index (χ4n) is 1.92. The number of fused-ring (bicyclic) bond motifs is 1. The zero-order valence-electron chi connectivity index (χ0n) is 10.1. The van der Waals surface area contributed by atoms with Crippen molar-refractivity contribution in [1.29, 1.82) is 0 Å². The lowest BCUT2D eigenvalue weighted by Gasteiger charge is -2.07. The fraction of sp³-hybridized carbons (Fsp3) is 0.357. The maximum atomic E-state index is 4.99. The zero-order chi connectivity index (χ0) is 11.9. The van der Waals surface area contributed by atoms with Crippen LogP contribution in [0.4, 0.5) is 0 Å². The summed E-state index contributed by atoms with van der Waals surface area (Å²) in [6.07, 6.45) is 4.80. The summed E-state index contributed by atoms with van der Waals surface area (Å²) in [5, 5.41) is 5.87. The number of aromatic nitrogens is 1. The Bertz CT molecular complexity index is 465. The monoisotopic (exact) mass is 230 g/mol. The number of methoxy groups -OCH3 is 1. The molecule has 17 heavy (non-hydrogen) atoms. The molecular formula is C14H18N2O. The molecule has 0 saturated carbocycles. The minimum atomic E-state index is 0.761. The molecule has 0 aliphatic heterocycles. The molecule has 0 amide bonds. The second kappa shape index (κ2) is 6.33. The van der Waals surface area contributed by atoms with Crippen molar-refractivity contribution in [3.63, 3.8) is 0 Å². The highest BCUT2D eigenvalue weighted by Gasteiger charge is 1.99. The van der Waals surface area contributed by atoms with Gasteiger partial charge in [-0.1, -0.05) is 18.2 Å². The Kier molecular flexibility index (Phi) is 4.47. The highest BCUT2D eigenvalue weighted by molar-refractivity contribution is 5.84. The topological polar surface area (TPSA) is 34.1 Å². The van der Waals surface area contributed by atoms with Gasteiger partial charge in [-0.2, -0.15) is 0 Å². The Morgan fingerprint density at radius 1 is 1.24 bits per heavy atom. The third-order valence-corrected chi connectivity index (χ3v) is 2.83. The summed E-state index contributed by atoms with van der Waals surface area (Å²) in [5.41, 5.74) is 1.35. The van der Waals surface area contributed by atoms with Gasteiger partial charge < -0.3 is 10.1 Å². The lowest BCUT2D eigenvalue weighted by atomic mass is 10.0. The van der Waals surface area contributed by atoms with E-state index in [1.165, 1.54) is 16.3 Å². The van der Waals surface area contributed by atoms with E-state index in [0.29, 0.717) is 0 Å². The number of pyridine rings is 1. The Labute approximate surface area is 102 Å². The van der Waals surface area contributed by atoms with Crippen molar-refractivity contribution < 1.29 is 4.74 Å². The zero-order valence-corrected chi connectivity index (χ0v) is 10.1. The molecule has 1 aromatic carbocycles. The molecule has 90 valence electrons. The first-order chi connectivity index (χ1) is 8.42. The Hall–Kier alpha value is -1.45. The second-order valence-electron chi connectivity index (χ2n) is 4.01. The minimum absolute atomic E-state index is 0.761. The van der Waals surface area contributed by atoms with E-state index in [1.54, 1.807) is 7.11 Å². The summed E-state index contributed by atoms with van der Waals surface area (Å²) in [6.45, 7) is 2.63. The van der Waals surface area contributed by atoms with Crippen LogP contribution in [0.2, 0.25) is 0 Å². The third kappa shape index (κ3) is 3.25. The number of ether oxygens (including phenoxy) is 1. The van der Waals surface area contributed by atoms with Gasteiger partial charge in [0.2, 0.25) is 0 Å². The summed E-state index contributed by atoms with van der Waals surface area (Å²) in [6, 6.07) is 8.45. The molecular weight excluding hydrogens is 212 g/mol. The number of nitrogens with zero attached hydrogens (tertiary/aromatic N) is 1. The van der Waals surface area contributed by atoms with Gasteiger partial charge in [-0.25, -0.2) is 0 Å². The highest BCUT2D eigenvalue weighted by atomic mass is 16.5. The lowest BCUT2D eigenvalue weighted by Crippen LogP contribution is -2.21. The van der Waals surface area contributed by atoms with E-state index in [2.05, 4.69) is 34.6 Å². The van der Waals surface area contributed by atoms with Crippen LogP contribution in [-0.4, -0.2) is 31.8 Å². The van der Waals surface area contributed by atoms with E-state index in [4.69, 9.17) is 4.74 Å². The molecule has 2 aromatic rings. The number of benzene rings is 1. The van der Waals surface area contributed by atoms with Gasteiger partial charge in [0.25, 0.3) is 0 Å². The van der Waals surface area contributed by atoms with Gasteiger partial charge in [0.15, 0.2) is 0 Å². The van der Waals surface area contributed by atoms with Gasteiger partial charge >= 0.3 is 0 Å². The van der Waals surface area contributed by atoms with Crippen LogP contribution in [0.15, 0.2) is 36.7 Å². The highest BCUT2D eigenvalue weighted by Crippen LogP contribution is 2.17. The molecule has 0 aliphatic carbocycles. The van der Waals surface area contributed by atoms with E-state index in [9.17, 15) is 0 Å². The van der Waals surface area contributed by atoms with E-state index < -0.39 is 0 Å². The molecule has 0 radical (unpaired) electrons.